The first kappa shape index (κ1) is 25.3. The fourth-order valence-corrected chi connectivity index (χ4v) is 4.86. The zero-order chi connectivity index (χ0) is 27.1. The van der Waals surface area contributed by atoms with E-state index in [1.54, 1.807) is 74.5 Å². The van der Waals surface area contributed by atoms with Gasteiger partial charge in [0.15, 0.2) is 0 Å². The molecule has 0 atom stereocenters. The predicted octanol–water partition coefficient (Wildman–Crippen LogP) is 5.66. The van der Waals surface area contributed by atoms with Gasteiger partial charge in [-0.05, 0) is 67.9 Å². The Labute approximate surface area is 226 Å². The average molecular weight is 550 g/mol. The van der Waals surface area contributed by atoms with Crippen molar-refractivity contribution in [1.82, 2.24) is 19.6 Å². The van der Waals surface area contributed by atoms with Gasteiger partial charge in [0.2, 0.25) is 0 Å². The third kappa shape index (κ3) is 4.46. The highest BCUT2D eigenvalue weighted by atomic mass is 35.5. The summed E-state index contributed by atoms with van der Waals surface area (Å²) < 4.78 is 2.78. The standard InChI is InChI=1S/C27H21Cl2N5O4/c1-15-23(26(35)32(30-15)20-11-5-18(28)6-12-20)25(17-3-9-22(10-4-17)34(37)38)24-16(2)31-33(27(24)36)21-13-7-19(29)8-14-21/h3-14,25,30-31H,1-2H3. The average Bonchev–Trinajstić information content (AvgIpc) is 3.36. The van der Waals surface area contributed by atoms with Crippen molar-refractivity contribution in [1.29, 1.82) is 0 Å². The number of aromatic nitrogens is 4. The Balaban J connectivity index is 1.75. The van der Waals surface area contributed by atoms with Crippen molar-refractivity contribution in [2.75, 3.05) is 0 Å². The molecule has 0 spiro atoms. The van der Waals surface area contributed by atoms with Crippen molar-refractivity contribution >= 4 is 28.9 Å². The van der Waals surface area contributed by atoms with Crippen molar-refractivity contribution in [3.63, 3.8) is 0 Å². The van der Waals surface area contributed by atoms with Gasteiger partial charge in [0, 0.05) is 39.5 Å². The number of H-pyrrole nitrogens is 2. The molecule has 0 bridgehead atoms. The van der Waals surface area contributed by atoms with Gasteiger partial charge < -0.3 is 0 Å². The van der Waals surface area contributed by atoms with Gasteiger partial charge in [-0.25, -0.2) is 9.36 Å². The molecule has 5 aromatic rings. The van der Waals surface area contributed by atoms with Gasteiger partial charge in [0.25, 0.3) is 16.8 Å². The largest absolute Gasteiger partial charge is 0.295 e. The summed E-state index contributed by atoms with van der Waals surface area (Å²) in [5.74, 6) is -0.814. The Bertz CT molecular complexity index is 1660. The van der Waals surface area contributed by atoms with Gasteiger partial charge in [-0.15, -0.1) is 0 Å². The molecule has 0 amide bonds. The lowest BCUT2D eigenvalue weighted by Gasteiger charge is -2.15. The minimum atomic E-state index is -0.814. The second-order valence-corrected chi connectivity index (χ2v) is 9.69. The van der Waals surface area contributed by atoms with Gasteiger partial charge in [0.05, 0.1) is 27.4 Å². The lowest BCUT2D eigenvalue weighted by atomic mass is 9.85. The number of nitrogens with one attached hydrogen (secondary N) is 2. The van der Waals surface area contributed by atoms with Crippen LogP contribution in [-0.4, -0.2) is 24.5 Å². The van der Waals surface area contributed by atoms with Crippen molar-refractivity contribution in [3.8, 4) is 11.4 Å². The Kier molecular flexibility index (Phi) is 6.56. The molecule has 0 radical (unpaired) electrons. The Hall–Kier alpha value is -4.34. The quantitative estimate of drug-likeness (QED) is 0.210. The zero-order valence-electron chi connectivity index (χ0n) is 20.2. The van der Waals surface area contributed by atoms with Crippen LogP contribution in [0, 0.1) is 24.0 Å². The molecule has 2 N–H and O–H groups in total. The lowest BCUT2D eigenvalue weighted by molar-refractivity contribution is -0.384. The topological polar surface area (TPSA) is 119 Å². The van der Waals surface area contributed by atoms with Gasteiger partial charge in [0.1, 0.15) is 0 Å². The van der Waals surface area contributed by atoms with Crippen LogP contribution < -0.4 is 11.1 Å². The second kappa shape index (κ2) is 9.85. The van der Waals surface area contributed by atoms with Gasteiger partial charge in [-0.2, -0.15) is 0 Å². The fourth-order valence-electron chi connectivity index (χ4n) is 4.61. The van der Waals surface area contributed by atoms with Crippen LogP contribution in [0.25, 0.3) is 11.4 Å². The van der Waals surface area contributed by atoms with E-state index in [-0.39, 0.29) is 16.8 Å². The number of nitrogens with zero attached hydrogens (tertiary/aromatic N) is 3. The third-order valence-corrected chi connectivity index (χ3v) is 6.92. The number of rotatable bonds is 6. The van der Waals surface area contributed by atoms with Crippen LogP contribution in [-0.2, 0) is 0 Å². The highest BCUT2D eigenvalue weighted by Crippen LogP contribution is 2.33. The first-order valence-corrected chi connectivity index (χ1v) is 12.3. The Morgan fingerprint density at radius 2 is 1.11 bits per heavy atom. The van der Waals surface area contributed by atoms with Crippen LogP contribution in [0.2, 0.25) is 10.0 Å². The molecular weight excluding hydrogens is 529 g/mol. The summed E-state index contributed by atoms with van der Waals surface area (Å²) >= 11 is 12.0. The van der Waals surface area contributed by atoms with Crippen LogP contribution in [0.1, 0.15) is 34.0 Å². The molecule has 0 saturated heterocycles. The molecule has 3 aromatic carbocycles. The normalized spacial score (nSPS) is 11.3. The zero-order valence-corrected chi connectivity index (χ0v) is 21.7. The summed E-state index contributed by atoms with van der Waals surface area (Å²) in [5.41, 5.74) is 2.67. The van der Waals surface area contributed by atoms with Crippen molar-refractivity contribution in [3.05, 3.63) is 142 Å². The minimum absolute atomic E-state index is 0.0961. The maximum atomic E-state index is 13.8. The number of hydrogen-bond acceptors (Lipinski definition) is 4. The van der Waals surface area contributed by atoms with E-state index in [1.807, 2.05) is 0 Å². The molecule has 5 rings (SSSR count). The SMILES string of the molecule is Cc1[nH]n(-c2ccc(Cl)cc2)c(=O)c1C(c1ccc([N+](=O)[O-])cc1)c1c(C)[nH]n(-c2ccc(Cl)cc2)c1=O. The van der Waals surface area contributed by atoms with Crippen LogP contribution >= 0.6 is 23.2 Å². The Morgan fingerprint density at radius 1 is 0.711 bits per heavy atom. The maximum absolute atomic E-state index is 13.8. The van der Waals surface area contributed by atoms with E-state index in [1.165, 1.54) is 21.5 Å². The molecule has 2 heterocycles. The van der Waals surface area contributed by atoms with E-state index in [2.05, 4.69) is 10.2 Å². The molecule has 38 heavy (non-hydrogen) atoms. The van der Waals surface area contributed by atoms with Crippen LogP contribution in [0.4, 0.5) is 5.69 Å². The Morgan fingerprint density at radius 3 is 1.47 bits per heavy atom. The van der Waals surface area contributed by atoms with Gasteiger partial charge >= 0.3 is 0 Å². The van der Waals surface area contributed by atoms with Crippen molar-refractivity contribution in [2.45, 2.75) is 19.8 Å². The molecule has 0 saturated carbocycles. The number of aromatic amines is 2. The van der Waals surface area contributed by atoms with Crippen molar-refractivity contribution in [2.24, 2.45) is 0 Å². The molecule has 0 fully saturated rings. The highest BCUT2D eigenvalue weighted by molar-refractivity contribution is 6.30. The molecule has 9 nitrogen and oxygen atoms in total. The summed E-state index contributed by atoms with van der Waals surface area (Å²) in [6.45, 7) is 3.50. The van der Waals surface area contributed by atoms with E-state index >= 15 is 0 Å². The maximum Gasteiger partial charge on any atom is 0.275 e. The van der Waals surface area contributed by atoms with E-state index < -0.39 is 10.8 Å². The molecular formula is C27H21Cl2N5O4. The van der Waals surface area contributed by atoms with E-state index in [4.69, 9.17) is 23.2 Å². The monoisotopic (exact) mass is 549 g/mol. The number of halogens is 2. The molecule has 11 heteroatoms. The van der Waals surface area contributed by atoms with Crippen LogP contribution in [0.15, 0.2) is 82.4 Å². The van der Waals surface area contributed by atoms with Crippen LogP contribution in [0.5, 0.6) is 0 Å². The number of nitro benzene ring substituents is 1. The summed E-state index contributed by atoms with van der Waals surface area (Å²) in [5, 5.41) is 18.5. The predicted molar refractivity (Wildman–Crippen MR) is 146 cm³/mol. The van der Waals surface area contributed by atoms with Crippen molar-refractivity contribution < 1.29 is 4.92 Å². The first-order chi connectivity index (χ1) is 18.2. The third-order valence-electron chi connectivity index (χ3n) is 6.42. The fraction of sp³-hybridized carbons (Fsp3) is 0.111. The summed E-state index contributed by atoms with van der Waals surface area (Å²) in [6, 6.07) is 19.4. The first-order valence-electron chi connectivity index (χ1n) is 11.5. The summed E-state index contributed by atoms with van der Waals surface area (Å²) in [7, 11) is 0. The second-order valence-electron chi connectivity index (χ2n) is 8.82. The van der Waals surface area contributed by atoms with Gasteiger partial charge in [-0.1, -0.05) is 35.3 Å². The van der Waals surface area contributed by atoms with Crippen LogP contribution in [0.3, 0.4) is 0 Å². The van der Waals surface area contributed by atoms with E-state index in [9.17, 15) is 19.7 Å². The number of hydrogen-bond donors (Lipinski definition) is 2. The minimum Gasteiger partial charge on any atom is -0.295 e. The molecule has 0 aliphatic rings. The van der Waals surface area contributed by atoms with E-state index in [0.717, 1.165) is 0 Å². The van der Waals surface area contributed by atoms with E-state index in [0.29, 0.717) is 49.5 Å². The molecule has 0 aliphatic carbocycles. The van der Waals surface area contributed by atoms with Gasteiger partial charge in [-0.3, -0.25) is 29.9 Å². The number of benzene rings is 3. The smallest absolute Gasteiger partial charge is 0.275 e. The summed E-state index contributed by atoms with van der Waals surface area (Å²) in [4.78, 5) is 38.4. The highest BCUT2D eigenvalue weighted by Gasteiger charge is 2.31. The number of aryl methyl sites for hydroxylation is 2. The number of nitro groups is 1. The molecule has 192 valence electrons. The molecule has 0 unspecified atom stereocenters. The number of non-ortho nitro benzene ring substituents is 1. The summed E-state index contributed by atoms with van der Waals surface area (Å²) in [6.07, 6.45) is 0. The molecule has 0 aliphatic heterocycles. The molecule has 2 aromatic heterocycles. The lowest BCUT2D eigenvalue weighted by Crippen LogP contribution is -2.25.